The number of carbonyl (C=O) groups is 1. The molecule has 0 saturated heterocycles. The summed E-state index contributed by atoms with van der Waals surface area (Å²) in [5.41, 5.74) is 1.30. The normalized spacial score (nSPS) is 10.3. The molecule has 0 fully saturated rings. The lowest BCUT2D eigenvalue weighted by atomic mass is 10.3. The Kier molecular flexibility index (Phi) is 5.72. The second kappa shape index (κ2) is 8.37. The minimum atomic E-state index is -0.409. The van der Waals surface area contributed by atoms with Gasteiger partial charge in [0.05, 0.1) is 26.5 Å². The molecule has 0 bridgehead atoms. The van der Waals surface area contributed by atoms with Crippen molar-refractivity contribution >= 4 is 23.3 Å². The predicted molar refractivity (Wildman–Crippen MR) is 99.6 cm³/mol. The van der Waals surface area contributed by atoms with E-state index in [0.717, 1.165) is 5.69 Å². The van der Waals surface area contributed by atoms with Crippen LogP contribution in [-0.2, 0) is 6.54 Å². The molecule has 27 heavy (non-hydrogen) atoms. The molecular weight excluding hydrogens is 372 g/mol. The zero-order chi connectivity index (χ0) is 19.2. The van der Waals surface area contributed by atoms with Crippen LogP contribution in [0.15, 0.2) is 42.5 Å². The molecule has 1 aromatic heterocycles. The lowest BCUT2D eigenvalue weighted by Crippen LogP contribution is -2.29. The van der Waals surface area contributed by atoms with E-state index in [1.165, 1.54) is 11.8 Å². The van der Waals surface area contributed by atoms with E-state index in [2.05, 4.69) is 26.2 Å². The zero-order valence-corrected chi connectivity index (χ0v) is 15.4. The highest BCUT2D eigenvalue weighted by Gasteiger charge is 2.11. The van der Waals surface area contributed by atoms with Gasteiger partial charge in [0.15, 0.2) is 17.3 Å². The summed E-state index contributed by atoms with van der Waals surface area (Å²) in [6.45, 7) is 0.134. The third kappa shape index (κ3) is 4.45. The molecule has 1 heterocycles. The first-order chi connectivity index (χ1) is 13.1. The summed E-state index contributed by atoms with van der Waals surface area (Å²) < 4.78 is 11.9. The number of amides is 2. The fourth-order valence-corrected chi connectivity index (χ4v) is 2.47. The van der Waals surface area contributed by atoms with E-state index in [-0.39, 0.29) is 6.54 Å². The molecule has 0 unspecified atom stereocenters. The van der Waals surface area contributed by atoms with Gasteiger partial charge in [-0.1, -0.05) is 11.6 Å². The molecule has 0 aliphatic carbocycles. The molecule has 2 N–H and O–H groups in total. The monoisotopic (exact) mass is 388 g/mol. The van der Waals surface area contributed by atoms with Gasteiger partial charge in [-0.25, -0.2) is 4.79 Å². The highest BCUT2D eigenvalue weighted by atomic mass is 35.5. The third-order valence-corrected chi connectivity index (χ3v) is 3.91. The number of urea groups is 1. The van der Waals surface area contributed by atoms with Crippen LogP contribution in [0.25, 0.3) is 5.69 Å². The van der Waals surface area contributed by atoms with Crippen molar-refractivity contribution in [1.82, 2.24) is 25.5 Å². The number of aromatic nitrogens is 4. The topological polar surface area (TPSA) is 103 Å². The van der Waals surface area contributed by atoms with Gasteiger partial charge in [-0.2, -0.15) is 4.68 Å². The van der Waals surface area contributed by atoms with Crippen LogP contribution in [0.1, 0.15) is 5.82 Å². The number of hydrogen-bond donors (Lipinski definition) is 2. The minimum absolute atomic E-state index is 0.134. The van der Waals surface area contributed by atoms with Gasteiger partial charge in [0.25, 0.3) is 0 Å². The summed E-state index contributed by atoms with van der Waals surface area (Å²) in [6.07, 6.45) is 0. The van der Waals surface area contributed by atoms with Gasteiger partial charge < -0.3 is 20.1 Å². The van der Waals surface area contributed by atoms with Crippen molar-refractivity contribution in [2.45, 2.75) is 6.54 Å². The Bertz CT molecular complexity index is 929. The fraction of sp³-hybridized carbons (Fsp3) is 0.176. The Hall–Kier alpha value is -3.33. The quantitative estimate of drug-likeness (QED) is 0.672. The Labute approximate surface area is 160 Å². The van der Waals surface area contributed by atoms with Gasteiger partial charge in [-0.3, -0.25) is 0 Å². The Morgan fingerprint density at radius 3 is 2.56 bits per heavy atom. The zero-order valence-electron chi connectivity index (χ0n) is 14.6. The van der Waals surface area contributed by atoms with Crippen LogP contribution in [0.5, 0.6) is 11.5 Å². The number of nitrogens with one attached hydrogen (secondary N) is 2. The third-order valence-electron chi connectivity index (χ3n) is 3.65. The largest absolute Gasteiger partial charge is 0.493 e. The number of anilines is 1. The number of carbonyl (C=O) groups excluding carboxylic acids is 1. The number of ether oxygens (including phenoxy) is 2. The van der Waals surface area contributed by atoms with E-state index < -0.39 is 6.03 Å². The fourth-order valence-electron chi connectivity index (χ4n) is 2.35. The Morgan fingerprint density at radius 1 is 1.11 bits per heavy atom. The predicted octanol–water partition coefficient (Wildman–Crippen LogP) is 2.65. The smallest absolute Gasteiger partial charge is 0.319 e. The van der Waals surface area contributed by atoms with Crippen LogP contribution in [0, 0.1) is 0 Å². The van der Waals surface area contributed by atoms with E-state index in [1.807, 2.05) is 0 Å². The van der Waals surface area contributed by atoms with Crippen molar-refractivity contribution in [2.24, 2.45) is 0 Å². The van der Waals surface area contributed by atoms with Gasteiger partial charge in [-0.15, -0.1) is 5.10 Å². The van der Waals surface area contributed by atoms with Gasteiger partial charge in [0.2, 0.25) is 0 Å². The molecule has 9 nitrogen and oxygen atoms in total. The maximum Gasteiger partial charge on any atom is 0.319 e. The number of tetrazole rings is 1. The van der Waals surface area contributed by atoms with E-state index in [1.54, 1.807) is 49.6 Å². The van der Waals surface area contributed by atoms with Crippen molar-refractivity contribution in [1.29, 1.82) is 0 Å². The number of rotatable bonds is 6. The van der Waals surface area contributed by atoms with E-state index in [4.69, 9.17) is 21.1 Å². The second-order valence-corrected chi connectivity index (χ2v) is 5.80. The molecule has 0 aliphatic heterocycles. The molecule has 0 aliphatic rings. The van der Waals surface area contributed by atoms with E-state index in [0.29, 0.717) is 28.0 Å². The lowest BCUT2D eigenvalue weighted by molar-refractivity contribution is 0.251. The van der Waals surface area contributed by atoms with E-state index >= 15 is 0 Å². The number of halogens is 1. The molecule has 0 saturated carbocycles. The van der Waals surface area contributed by atoms with Crippen molar-refractivity contribution in [3.63, 3.8) is 0 Å². The van der Waals surface area contributed by atoms with Crippen LogP contribution in [0.4, 0.5) is 10.5 Å². The molecule has 10 heteroatoms. The SMILES string of the molecule is COc1ccc(NC(=O)NCc2nnnn2-c2ccc(Cl)cc2)cc1OC. The molecule has 2 aromatic carbocycles. The summed E-state index contributed by atoms with van der Waals surface area (Å²) in [5, 5.41) is 17.6. The van der Waals surface area contributed by atoms with Crippen molar-refractivity contribution in [2.75, 3.05) is 19.5 Å². The van der Waals surface area contributed by atoms with Crippen LogP contribution in [-0.4, -0.2) is 40.5 Å². The molecule has 3 aromatic rings. The van der Waals surface area contributed by atoms with Gasteiger partial charge in [0.1, 0.15) is 0 Å². The summed E-state index contributed by atoms with van der Waals surface area (Å²) in [6, 6.07) is 11.7. The van der Waals surface area contributed by atoms with Crippen molar-refractivity contribution < 1.29 is 14.3 Å². The van der Waals surface area contributed by atoms with E-state index in [9.17, 15) is 4.79 Å². The summed E-state index contributed by atoms with van der Waals surface area (Å²) in [7, 11) is 3.07. The number of hydrogen-bond acceptors (Lipinski definition) is 6. The molecule has 140 valence electrons. The molecule has 2 amide bonds. The average Bonchev–Trinajstić information content (AvgIpc) is 3.15. The first kappa shape index (κ1) is 18.5. The second-order valence-electron chi connectivity index (χ2n) is 5.36. The van der Waals surface area contributed by atoms with Crippen LogP contribution < -0.4 is 20.1 Å². The van der Waals surface area contributed by atoms with Crippen LogP contribution in [0.2, 0.25) is 5.02 Å². The van der Waals surface area contributed by atoms with Crippen LogP contribution >= 0.6 is 11.6 Å². The Morgan fingerprint density at radius 2 is 1.85 bits per heavy atom. The standard InChI is InChI=1S/C17H17ClN6O3/c1-26-14-8-5-12(9-15(14)27-2)20-17(25)19-10-16-21-22-23-24(16)13-6-3-11(18)4-7-13/h3-9H,10H2,1-2H3,(H2,19,20,25). The first-order valence-electron chi connectivity index (χ1n) is 7.91. The van der Waals surface area contributed by atoms with Crippen molar-refractivity contribution in [3.8, 4) is 17.2 Å². The first-order valence-corrected chi connectivity index (χ1v) is 8.28. The highest BCUT2D eigenvalue weighted by molar-refractivity contribution is 6.30. The Balaban J connectivity index is 1.63. The van der Waals surface area contributed by atoms with Crippen molar-refractivity contribution in [3.05, 3.63) is 53.3 Å². The highest BCUT2D eigenvalue weighted by Crippen LogP contribution is 2.29. The molecule has 0 spiro atoms. The van der Waals surface area contributed by atoms with Gasteiger partial charge in [-0.05, 0) is 46.8 Å². The molecular formula is C17H17ClN6O3. The molecule has 0 radical (unpaired) electrons. The number of methoxy groups -OCH3 is 2. The summed E-state index contributed by atoms with van der Waals surface area (Å²) in [5.74, 6) is 1.56. The van der Waals surface area contributed by atoms with Gasteiger partial charge >= 0.3 is 6.03 Å². The number of benzene rings is 2. The lowest BCUT2D eigenvalue weighted by Gasteiger charge is -2.11. The molecule has 3 rings (SSSR count). The average molecular weight is 389 g/mol. The maximum atomic E-state index is 12.2. The maximum absolute atomic E-state index is 12.2. The minimum Gasteiger partial charge on any atom is -0.493 e. The molecule has 0 atom stereocenters. The summed E-state index contributed by atoms with van der Waals surface area (Å²) in [4.78, 5) is 12.2. The summed E-state index contributed by atoms with van der Waals surface area (Å²) >= 11 is 5.89. The van der Waals surface area contributed by atoms with Crippen LogP contribution in [0.3, 0.4) is 0 Å². The number of nitrogens with zero attached hydrogens (tertiary/aromatic N) is 4. The van der Waals surface area contributed by atoms with Gasteiger partial charge in [0, 0.05) is 16.8 Å².